The Labute approximate surface area is 147 Å². The lowest BCUT2D eigenvalue weighted by molar-refractivity contribution is 0.263. The van der Waals surface area contributed by atoms with E-state index in [4.69, 9.17) is 11.6 Å². The van der Waals surface area contributed by atoms with Crippen molar-refractivity contribution in [3.8, 4) is 0 Å². The van der Waals surface area contributed by atoms with E-state index in [1.54, 1.807) is 16.6 Å². The molecule has 0 radical (unpaired) electrons. The number of sulfonamides is 1. The van der Waals surface area contributed by atoms with Crippen molar-refractivity contribution >= 4 is 45.1 Å². The number of fused-ring (bicyclic) bond motifs is 1. The standard InChI is InChI=1S/C14H19ClN4O2S.ClH/c1-16-7-10-3-2-6-19(9-10)22(20,21)12-8-18-14-13(12)11(15)4-5-17-14;/h4-5,8,10,16H,2-3,6-7,9H2,1H3,(H,17,18);1H. The van der Waals surface area contributed by atoms with Crippen LogP contribution in [0.15, 0.2) is 23.4 Å². The van der Waals surface area contributed by atoms with E-state index < -0.39 is 10.0 Å². The second kappa shape index (κ2) is 7.36. The van der Waals surface area contributed by atoms with Crippen molar-refractivity contribution in [2.24, 2.45) is 5.92 Å². The SMILES string of the molecule is CNCC1CCCN(S(=O)(=O)c2c[nH]c3nccc(Cl)c23)C1.Cl. The minimum absolute atomic E-state index is 0. The third-order valence-corrected chi connectivity index (χ3v) is 6.28. The van der Waals surface area contributed by atoms with Gasteiger partial charge in [0.2, 0.25) is 10.0 Å². The molecule has 0 aromatic carbocycles. The second-order valence-electron chi connectivity index (χ2n) is 5.60. The maximum Gasteiger partial charge on any atom is 0.245 e. The van der Waals surface area contributed by atoms with Crippen molar-refractivity contribution in [2.75, 3.05) is 26.7 Å². The number of hydrogen-bond donors (Lipinski definition) is 2. The highest BCUT2D eigenvalue weighted by Crippen LogP contribution is 2.31. The molecule has 6 nitrogen and oxygen atoms in total. The lowest BCUT2D eigenvalue weighted by Crippen LogP contribution is -2.42. The van der Waals surface area contributed by atoms with Gasteiger partial charge in [-0.25, -0.2) is 13.4 Å². The number of hydrogen-bond acceptors (Lipinski definition) is 4. The van der Waals surface area contributed by atoms with E-state index in [9.17, 15) is 8.42 Å². The van der Waals surface area contributed by atoms with Crippen LogP contribution in [-0.2, 0) is 10.0 Å². The minimum atomic E-state index is -3.57. The Hall–Kier alpha value is -0.860. The first-order chi connectivity index (χ1) is 10.5. The van der Waals surface area contributed by atoms with Crippen LogP contribution >= 0.6 is 24.0 Å². The molecular weight excluding hydrogens is 359 g/mol. The van der Waals surface area contributed by atoms with E-state index >= 15 is 0 Å². The fourth-order valence-corrected chi connectivity index (χ4v) is 5.06. The van der Waals surface area contributed by atoms with Crippen LogP contribution in [0.25, 0.3) is 11.0 Å². The molecule has 128 valence electrons. The average Bonchev–Trinajstić information content (AvgIpc) is 2.94. The second-order valence-corrected chi connectivity index (χ2v) is 7.91. The van der Waals surface area contributed by atoms with Crippen LogP contribution in [0.4, 0.5) is 0 Å². The van der Waals surface area contributed by atoms with Crippen molar-refractivity contribution in [2.45, 2.75) is 17.7 Å². The molecule has 0 amide bonds. The van der Waals surface area contributed by atoms with Crippen molar-refractivity contribution < 1.29 is 8.42 Å². The Balaban J connectivity index is 0.00000192. The van der Waals surface area contributed by atoms with Gasteiger partial charge in [0.25, 0.3) is 0 Å². The number of nitrogens with one attached hydrogen (secondary N) is 2. The zero-order chi connectivity index (χ0) is 15.7. The minimum Gasteiger partial charge on any atom is -0.345 e. The van der Waals surface area contributed by atoms with Crippen LogP contribution in [-0.4, -0.2) is 49.4 Å². The summed E-state index contributed by atoms with van der Waals surface area (Å²) in [5.41, 5.74) is 0.495. The van der Waals surface area contributed by atoms with Crippen LogP contribution in [0.1, 0.15) is 12.8 Å². The summed E-state index contributed by atoms with van der Waals surface area (Å²) in [7, 11) is -1.68. The summed E-state index contributed by atoms with van der Waals surface area (Å²) >= 11 is 6.17. The first kappa shape index (κ1) is 18.5. The lowest BCUT2D eigenvalue weighted by atomic mass is 10.00. The van der Waals surface area contributed by atoms with Crippen LogP contribution in [0.3, 0.4) is 0 Å². The molecular formula is C14H20Cl2N4O2S. The van der Waals surface area contributed by atoms with E-state index in [1.165, 1.54) is 6.20 Å². The third-order valence-electron chi connectivity index (χ3n) is 4.08. The van der Waals surface area contributed by atoms with Gasteiger partial charge in [-0.15, -0.1) is 12.4 Å². The van der Waals surface area contributed by atoms with Gasteiger partial charge in [-0.1, -0.05) is 11.6 Å². The molecule has 2 N–H and O–H groups in total. The van der Waals surface area contributed by atoms with Gasteiger partial charge in [-0.05, 0) is 38.4 Å². The van der Waals surface area contributed by atoms with Crippen molar-refractivity contribution in [1.82, 2.24) is 19.6 Å². The zero-order valence-electron chi connectivity index (χ0n) is 12.8. The Morgan fingerprint density at radius 3 is 3.04 bits per heavy atom. The van der Waals surface area contributed by atoms with Gasteiger partial charge < -0.3 is 10.3 Å². The van der Waals surface area contributed by atoms with Gasteiger partial charge in [0, 0.05) is 25.5 Å². The van der Waals surface area contributed by atoms with E-state index in [1.807, 2.05) is 7.05 Å². The number of nitrogens with zero attached hydrogens (tertiary/aromatic N) is 2. The molecule has 1 fully saturated rings. The molecule has 9 heteroatoms. The summed E-state index contributed by atoms with van der Waals surface area (Å²) in [6, 6.07) is 1.61. The summed E-state index contributed by atoms with van der Waals surface area (Å²) < 4.78 is 27.5. The van der Waals surface area contributed by atoms with Crippen LogP contribution in [0.5, 0.6) is 0 Å². The summed E-state index contributed by atoms with van der Waals surface area (Å²) in [6.45, 7) is 1.91. The molecule has 3 rings (SSSR count). The molecule has 1 aliphatic rings. The smallest absolute Gasteiger partial charge is 0.245 e. The zero-order valence-corrected chi connectivity index (χ0v) is 15.1. The molecule has 2 aromatic heterocycles. The molecule has 0 aliphatic carbocycles. The maximum absolute atomic E-state index is 13.0. The molecule has 1 aliphatic heterocycles. The van der Waals surface area contributed by atoms with E-state index in [0.29, 0.717) is 35.1 Å². The van der Waals surface area contributed by atoms with Crippen molar-refractivity contribution in [1.29, 1.82) is 0 Å². The monoisotopic (exact) mass is 378 g/mol. The Bertz CT molecular complexity index is 776. The molecule has 0 saturated carbocycles. The highest BCUT2D eigenvalue weighted by molar-refractivity contribution is 7.89. The van der Waals surface area contributed by atoms with E-state index in [-0.39, 0.29) is 17.3 Å². The normalized spacial score (nSPS) is 19.7. The fraction of sp³-hybridized carbons (Fsp3) is 0.500. The Morgan fingerprint density at radius 2 is 2.30 bits per heavy atom. The third kappa shape index (κ3) is 3.49. The Kier molecular flexibility index (Phi) is 5.91. The summed E-state index contributed by atoms with van der Waals surface area (Å²) in [6.07, 6.45) is 4.96. The maximum atomic E-state index is 13.0. The highest BCUT2D eigenvalue weighted by Gasteiger charge is 2.32. The number of H-pyrrole nitrogens is 1. The van der Waals surface area contributed by atoms with Gasteiger partial charge in [0.05, 0.1) is 10.4 Å². The van der Waals surface area contributed by atoms with Crippen LogP contribution in [0, 0.1) is 5.92 Å². The number of aromatic nitrogens is 2. The first-order valence-corrected chi connectivity index (χ1v) is 9.12. The molecule has 1 atom stereocenters. The van der Waals surface area contributed by atoms with Crippen LogP contribution < -0.4 is 5.32 Å². The number of piperidine rings is 1. The number of pyridine rings is 1. The number of aromatic amines is 1. The fourth-order valence-electron chi connectivity index (χ4n) is 3.03. The van der Waals surface area contributed by atoms with Crippen LogP contribution in [0.2, 0.25) is 5.02 Å². The highest BCUT2D eigenvalue weighted by atomic mass is 35.5. The summed E-state index contributed by atoms with van der Waals surface area (Å²) in [4.78, 5) is 7.24. The predicted octanol–water partition coefficient (Wildman–Crippen LogP) is 2.26. The molecule has 0 bridgehead atoms. The topological polar surface area (TPSA) is 78.1 Å². The van der Waals surface area contributed by atoms with E-state index in [2.05, 4.69) is 15.3 Å². The van der Waals surface area contributed by atoms with Gasteiger partial charge in [0.15, 0.2) is 0 Å². The molecule has 2 aromatic rings. The lowest BCUT2D eigenvalue weighted by Gasteiger charge is -2.31. The van der Waals surface area contributed by atoms with Gasteiger partial charge >= 0.3 is 0 Å². The summed E-state index contributed by atoms with van der Waals surface area (Å²) in [5, 5.41) is 3.99. The van der Waals surface area contributed by atoms with Gasteiger partial charge in [-0.2, -0.15) is 4.31 Å². The van der Waals surface area contributed by atoms with Crippen molar-refractivity contribution in [3.05, 3.63) is 23.5 Å². The molecule has 23 heavy (non-hydrogen) atoms. The molecule has 3 heterocycles. The average molecular weight is 379 g/mol. The van der Waals surface area contributed by atoms with Gasteiger partial charge in [-0.3, -0.25) is 0 Å². The van der Waals surface area contributed by atoms with E-state index in [0.717, 1.165) is 19.4 Å². The van der Waals surface area contributed by atoms with Crippen molar-refractivity contribution in [3.63, 3.8) is 0 Å². The van der Waals surface area contributed by atoms with Gasteiger partial charge in [0.1, 0.15) is 10.5 Å². The first-order valence-electron chi connectivity index (χ1n) is 7.30. The quantitative estimate of drug-likeness (QED) is 0.854. The molecule has 0 spiro atoms. The molecule has 1 saturated heterocycles. The summed E-state index contributed by atoms with van der Waals surface area (Å²) in [5.74, 6) is 0.340. The largest absolute Gasteiger partial charge is 0.345 e. The molecule has 1 unspecified atom stereocenters. The predicted molar refractivity (Wildman–Crippen MR) is 93.8 cm³/mol. The number of rotatable bonds is 4. The Morgan fingerprint density at radius 1 is 1.52 bits per heavy atom. The number of halogens is 2.